The Hall–Kier alpha value is -0.460. The first-order valence-corrected chi connectivity index (χ1v) is 11.0. The van der Waals surface area contributed by atoms with Crippen LogP contribution >= 0.6 is 0 Å². The third-order valence-electron chi connectivity index (χ3n) is 9.03. The van der Waals surface area contributed by atoms with Gasteiger partial charge in [-0.15, -0.1) is 0 Å². The highest BCUT2D eigenvalue weighted by Crippen LogP contribution is 2.66. The summed E-state index contributed by atoms with van der Waals surface area (Å²) < 4.78 is 24.3. The maximum Gasteiger partial charge on any atom is 0.174 e. The molecule has 0 radical (unpaired) electrons. The smallest absolute Gasteiger partial charge is 0.174 e. The second-order valence-electron chi connectivity index (χ2n) is 9.97. The Bertz CT molecular complexity index is 647. The summed E-state index contributed by atoms with van der Waals surface area (Å²) in [5.74, 6) is 1.17. The van der Waals surface area contributed by atoms with E-state index in [0.29, 0.717) is 36.9 Å². The van der Waals surface area contributed by atoms with Crippen LogP contribution in [-0.2, 0) is 18.9 Å². The Kier molecular flexibility index (Phi) is 3.73. The number of aliphatic hydroxyl groups excluding tert-OH is 1. The maximum absolute atomic E-state index is 11.4. The van der Waals surface area contributed by atoms with E-state index in [0.717, 1.165) is 58.2 Å². The van der Waals surface area contributed by atoms with Crippen molar-refractivity contribution < 1.29 is 24.1 Å². The van der Waals surface area contributed by atoms with Gasteiger partial charge in [0.25, 0.3) is 0 Å². The minimum Gasteiger partial charge on any atom is -0.393 e. The fourth-order valence-electron chi connectivity index (χ4n) is 7.95. The van der Waals surface area contributed by atoms with Gasteiger partial charge in [0, 0.05) is 24.7 Å². The molecule has 4 aliphatic carbocycles. The first-order chi connectivity index (χ1) is 13.1. The standard InChI is InChI=1S/C22H32O5/c1-20-13-18(23)19-15-4-6-21(24-8-9-25-21)12-14(15)2-3-16(19)17(20)5-7-22(20)26-10-11-27-22/h2,15-19,23H,3-13H2,1H3/t15-,16-,17-,18-,19+,20-/m0/s1. The van der Waals surface area contributed by atoms with Gasteiger partial charge in [-0.05, 0) is 49.4 Å². The van der Waals surface area contributed by atoms with E-state index in [4.69, 9.17) is 18.9 Å². The van der Waals surface area contributed by atoms with E-state index in [1.807, 2.05) is 0 Å². The lowest BCUT2D eigenvalue weighted by Gasteiger charge is -2.57. The van der Waals surface area contributed by atoms with Crippen molar-refractivity contribution in [2.24, 2.45) is 29.1 Å². The Labute approximate surface area is 161 Å². The van der Waals surface area contributed by atoms with Crippen LogP contribution in [0.4, 0.5) is 0 Å². The molecule has 5 fully saturated rings. The molecule has 2 heterocycles. The van der Waals surface area contributed by atoms with E-state index >= 15 is 0 Å². The molecule has 6 aliphatic rings. The van der Waals surface area contributed by atoms with Crippen LogP contribution < -0.4 is 0 Å². The third kappa shape index (κ3) is 2.24. The molecule has 0 aromatic rings. The summed E-state index contributed by atoms with van der Waals surface area (Å²) in [6, 6.07) is 0. The number of ether oxygens (including phenoxy) is 4. The summed E-state index contributed by atoms with van der Waals surface area (Å²) in [5.41, 5.74) is 1.41. The van der Waals surface area contributed by atoms with Crippen LogP contribution in [0.25, 0.3) is 0 Å². The van der Waals surface area contributed by atoms with Crippen molar-refractivity contribution in [2.45, 2.75) is 69.5 Å². The number of aliphatic hydroxyl groups is 1. The predicted molar refractivity (Wildman–Crippen MR) is 97.7 cm³/mol. The van der Waals surface area contributed by atoms with Crippen LogP contribution in [-0.4, -0.2) is 49.2 Å². The zero-order chi connectivity index (χ0) is 18.3. The minimum absolute atomic E-state index is 0.0665. The number of allylic oxidation sites excluding steroid dienone is 1. The summed E-state index contributed by atoms with van der Waals surface area (Å²) in [5, 5.41) is 11.4. The molecule has 27 heavy (non-hydrogen) atoms. The fraction of sp³-hybridized carbons (Fsp3) is 0.909. The van der Waals surface area contributed by atoms with E-state index in [1.165, 1.54) is 5.57 Å². The van der Waals surface area contributed by atoms with Crippen molar-refractivity contribution >= 4 is 0 Å². The van der Waals surface area contributed by atoms with Crippen LogP contribution in [0, 0.1) is 29.1 Å². The number of fused-ring (bicyclic) bond motifs is 6. The van der Waals surface area contributed by atoms with Gasteiger partial charge in [0.2, 0.25) is 0 Å². The number of rotatable bonds is 0. The molecule has 1 N–H and O–H groups in total. The molecule has 2 aliphatic heterocycles. The average Bonchev–Trinajstić information content (AvgIpc) is 3.37. The van der Waals surface area contributed by atoms with Gasteiger partial charge in [0.1, 0.15) is 0 Å². The van der Waals surface area contributed by atoms with Crippen LogP contribution in [0.5, 0.6) is 0 Å². The largest absolute Gasteiger partial charge is 0.393 e. The molecule has 5 nitrogen and oxygen atoms in total. The lowest BCUT2D eigenvalue weighted by molar-refractivity contribution is -0.254. The van der Waals surface area contributed by atoms with E-state index in [-0.39, 0.29) is 17.3 Å². The molecule has 0 aromatic heterocycles. The molecule has 6 atom stereocenters. The second-order valence-corrected chi connectivity index (χ2v) is 9.97. The predicted octanol–water partition coefficient (Wildman–Crippen LogP) is 3.02. The highest BCUT2D eigenvalue weighted by molar-refractivity contribution is 5.23. The second kappa shape index (κ2) is 5.79. The fourth-order valence-corrected chi connectivity index (χ4v) is 7.95. The molecule has 5 heteroatoms. The van der Waals surface area contributed by atoms with E-state index in [9.17, 15) is 5.11 Å². The Morgan fingerprint density at radius 2 is 1.74 bits per heavy atom. The molecule has 0 amide bonds. The van der Waals surface area contributed by atoms with E-state index in [2.05, 4.69) is 13.0 Å². The lowest BCUT2D eigenvalue weighted by atomic mass is 9.51. The van der Waals surface area contributed by atoms with Crippen LogP contribution in [0.1, 0.15) is 51.9 Å². The average molecular weight is 376 g/mol. The highest BCUT2D eigenvalue weighted by atomic mass is 16.7. The third-order valence-corrected chi connectivity index (χ3v) is 9.03. The SMILES string of the molecule is C[C@]12C[C@H](O)[C@H]3[C@@H](CC=C4CC5(CC[C@@H]43)OCCO5)[C@@H]1CCC21OCCO1. The van der Waals surface area contributed by atoms with Crippen molar-refractivity contribution in [3.05, 3.63) is 11.6 Å². The topological polar surface area (TPSA) is 57.2 Å². The van der Waals surface area contributed by atoms with Crippen LogP contribution in [0.15, 0.2) is 11.6 Å². The van der Waals surface area contributed by atoms with Gasteiger partial charge < -0.3 is 24.1 Å². The van der Waals surface area contributed by atoms with Gasteiger partial charge in [-0.1, -0.05) is 18.6 Å². The van der Waals surface area contributed by atoms with E-state index in [1.54, 1.807) is 0 Å². The zero-order valence-corrected chi connectivity index (χ0v) is 16.3. The first-order valence-electron chi connectivity index (χ1n) is 11.0. The molecular formula is C22H32O5. The maximum atomic E-state index is 11.4. The van der Waals surface area contributed by atoms with E-state index < -0.39 is 5.79 Å². The van der Waals surface area contributed by atoms with Crippen molar-refractivity contribution in [2.75, 3.05) is 26.4 Å². The molecular weight excluding hydrogens is 344 g/mol. The summed E-state index contributed by atoms with van der Waals surface area (Å²) in [6.45, 7) is 5.15. The molecule has 0 bridgehead atoms. The molecule has 0 aromatic carbocycles. The van der Waals surface area contributed by atoms with Crippen LogP contribution in [0.2, 0.25) is 0 Å². The van der Waals surface area contributed by atoms with Crippen molar-refractivity contribution in [3.63, 3.8) is 0 Å². The molecule has 150 valence electrons. The molecule has 3 saturated carbocycles. The van der Waals surface area contributed by atoms with Gasteiger partial charge in [0.15, 0.2) is 11.6 Å². The summed E-state index contributed by atoms with van der Waals surface area (Å²) in [6.07, 6.45) is 9.15. The Morgan fingerprint density at radius 3 is 2.52 bits per heavy atom. The highest BCUT2D eigenvalue weighted by Gasteiger charge is 2.67. The number of hydrogen-bond donors (Lipinski definition) is 1. The number of hydrogen-bond acceptors (Lipinski definition) is 5. The molecule has 2 saturated heterocycles. The van der Waals surface area contributed by atoms with Crippen LogP contribution in [0.3, 0.4) is 0 Å². The zero-order valence-electron chi connectivity index (χ0n) is 16.3. The van der Waals surface area contributed by atoms with Gasteiger partial charge >= 0.3 is 0 Å². The summed E-state index contributed by atoms with van der Waals surface area (Å²) in [4.78, 5) is 0. The molecule has 2 spiro atoms. The first kappa shape index (κ1) is 17.4. The van der Waals surface area contributed by atoms with Crippen molar-refractivity contribution in [3.8, 4) is 0 Å². The molecule has 0 unspecified atom stereocenters. The lowest BCUT2D eigenvalue weighted by Crippen LogP contribution is -2.58. The van der Waals surface area contributed by atoms with Crippen molar-refractivity contribution in [1.82, 2.24) is 0 Å². The quantitative estimate of drug-likeness (QED) is 0.659. The minimum atomic E-state index is -0.449. The monoisotopic (exact) mass is 376 g/mol. The normalized spacial score (nSPS) is 49.7. The summed E-state index contributed by atoms with van der Waals surface area (Å²) in [7, 11) is 0. The Morgan fingerprint density at radius 1 is 1.00 bits per heavy atom. The molecule has 6 rings (SSSR count). The van der Waals surface area contributed by atoms with Gasteiger partial charge in [-0.3, -0.25) is 0 Å². The summed E-state index contributed by atoms with van der Waals surface area (Å²) >= 11 is 0. The van der Waals surface area contributed by atoms with Gasteiger partial charge in [-0.25, -0.2) is 0 Å². The van der Waals surface area contributed by atoms with Gasteiger partial charge in [-0.2, -0.15) is 0 Å². The Balaban J connectivity index is 1.31. The van der Waals surface area contributed by atoms with Gasteiger partial charge in [0.05, 0.1) is 32.5 Å². The van der Waals surface area contributed by atoms with Crippen molar-refractivity contribution in [1.29, 1.82) is 0 Å².